The van der Waals surface area contributed by atoms with Gasteiger partial charge in [0.1, 0.15) is 0 Å². The standard InChI is InChI=1S/C21H23NO3S/c1-16-7-5-6-14-22(16)20(23)15-25-21(24)13-11-18-10-12-19(26-18)17-8-3-2-4-9-17/h2-4,8-13,16H,5-7,14-15H2,1H3/b13-11+/t16-/m0/s1. The lowest BCUT2D eigenvalue weighted by atomic mass is 10.0. The third-order valence-corrected chi connectivity index (χ3v) is 5.63. The van der Waals surface area contributed by atoms with Crippen molar-refractivity contribution in [3.63, 3.8) is 0 Å². The van der Waals surface area contributed by atoms with Gasteiger partial charge in [-0.15, -0.1) is 11.3 Å². The Balaban J connectivity index is 1.50. The van der Waals surface area contributed by atoms with E-state index in [1.165, 1.54) is 6.08 Å². The molecule has 5 heteroatoms. The van der Waals surface area contributed by atoms with E-state index in [1.54, 1.807) is 17.4 Å². The van der Waals surface area contributed by atoms with Gasteiger partial charge in [-0.25, -0.2) is 4.79 Å². The number of hydrogen-bond donors (Lipinski definition) is 0. The van der Waals surface area contributed by atoms with Crippen LogP contribution >= 0.6 is 11.3 Å². The molecular weight excluding hydrogens is 346 g/mol. The van der Waals surface area contributed by atoms with E-state index in [9.17, 15) is 9.59 Å². The maximum atomic E-state index is 12.2. The van der Waals surface area contributed by atoms with Gasteiger partial charge in [0.15, 0.2) is 6.61 Å². The minimum Gasteiger partial charge on any atom is -0.452 e. The van der Waals surface area contributed by atoms with Gasteiger partial charge in [0, 0.05) is 28.4 Å². The first-order chi connectivity index (χ1) is 12.6. The smallest absolute Gasteiger partial charge is 0.331 e. The second kappa shape index (κ2) is 8.81. The molecule has 0 aliphatic carbocycles. The fourth-order valence-electron chi connectivity index (χ4n) is 3.08. The third-order valence-electron chi connectivity index (χ3n) is 4.53. The summed E-state index contributed by atoms with van der Waals surface area (Å²) in [5, 5.41) is 0. The molecule has 1 aromatic carbocycles. The Kier molecular flexibility index (Phi) is 6.23. The Labute approximate surface area is 158 Å². The summed E-state index contributed by atoms with van der Waals surface area (Å²) in [6, 6.07) is 14.3. The maximum absolute atomic E-state index is 12.2. The maximum Gasteiger partial charge on any atom is 0.331 e. The molecule has 2 aromatic rings. The molecule has 0 radical (unpaired) electrons. The number of ether oxygens (including phenoxy) is 1. The molecule has 26 heavy (non-hydrogen) atoms. The van der Waals surface area contributed by atoms with Gasteiger partial charge in [0.05, 0.1) is 0 Å². The number of benzene rings is 1. The summed E-state index contributed by atoms with van der Waals surface area (Å²) >= 11 is 1.61. The van der Waals surface area contributed by atoms with E-state index < -0.39 is 5.97 Å². The average Bonchev–Trinajstić information content (AvgIpc) is 3.14. The highest BCUT2D eigenvalue weighted by Gasteiger charge is 2.23. The van der Waals surface area contributed by atoms with Gasteiger partial charge < -0.3 is 9.64 Å². The largest absolute Gasteiger partial charge is 0.452 e. The van der Waals surface area contributed by atoms with E-state index >= 15 is 0 Å². The lowest BCUT2D eigenvalue weighted by molar-refractivity contribution is -0.149. The Bertz CT molecular complexity index is 782. The molecule has 0 bridgehead atoms. The molecule has 1 aliphatic rings. The number of esters is 1. The number of nitrogens with zero attached hydrogens (tertiary/aromatic N) is 1. The highest BCUT2D eigenvalue weighted by atomic mass is 32.1. The van der Waals surface area contributed by atoms with Crippen molar-refractivity contribution in [2.75, 3.05) is 13.2 Å². The minimum atomic E-state index is -0.488. The van der Waals surface area contributed by atoms with Gasteiger partial charge in [0.2, 0.25) is 0 Å². The van der Waals surface area contributed by atoms with Crippen molar-refractivity contribution in [3.8, 4) is 10.4 Å². The second-order valence-electron chi connectivity index (χ2n) is 6.44. The zero-order valence-corrected chi connectivity index (χ0v) is 15.7. The van der Waals surface area contributed by atoms with Crippen LogP contribution in [0.2, 0.25) is 0 Å². The van der Waals surface area contributed by atoms with E-state index in [2.05, 4.69) is 12.1 Å². The van der Waals surface area contributed by atoms with Crippen molar-refractivity contribution in [1.82, 2.24) is 4.90 Å². The lowest BCUT2D eigenvalue weighted by Crippen LogP contribution is -2.44. The zero-order valence-electron chi connectivity index (χ0n) is 14.9. The number of likely N-dealkylation sites (tertiary alicyclic amines) is 1. The van der Waals surface area contributed by atoms with E-state index in [1.807, 2.05) is 42.2 Å². The number of hydrogen-bond acceptors (Lipinski definition) is 4. The van der Waals surface area contributed by atoms with Crippen molar-refractivity contribution in [3.05, 3.63) is 53.4 Å². The molecule has 0 unspecified atom stereocenters. The topological polar surface area (TPSA) is 46.6 Å². The third kappa shape index (κ3) is 4.82. The van der Waals surface area contributed by atoms with Crippen LogP contribution in [-0.4, -0.2) is 36.0 Å². The normalized spacial score (nSPS) is 17.4. The predicted molar refractivity (Wildman–Crippen MR) is 105 cm³/mol. The summed E-state index contributed by atoms with van der Waals surface area (Å²) in [5.74, 6) is -0.598. The highest BCUT2D eigenvalue weighted by Crippen LogP contribution is 2.28. The molecule has 1 fully saturated rings. The minimum absolute atomic E-state index is 0.110. The molecule has 136 valence electrons. The lowest BCUT2D eigenvalue weighted by Gasteiger charge is -2.33. The van der Waals surface area contributed by atoms with Gasteiger partial charge in [-0.2, -0.15) is 0 Å². The average molecular weight is 369 g/mol. The summed E-state index contributed by atoms with van der Waals surface area (Å²) in [5.41, 5.74) is 1.15. The summed E-state index contributed by atoms with van der Waals surface area (Å²) in [6.45, 7) is 2.61. The van der Waals surface area contributed by atoms with E-state index in [0.717, 1.165) is 41.1 Å². The molecule has 3 rings (SSSR count). The van der Waals surface area contributed by atoms with Crippen LogP contribution in [0.25, 0.3) is 16.5 Å². The molecule has 0 spiro atoms. The Hall–Kier alpha value is -2.40. The monoisotopic (exact) mass is 369 g/mol. The van der Waals surface area contributed by atoms with Gasteiger partial charge in [0.25, 0.3) is 5.91 Å². The molecular formula is C21H23NO3S. The molecule has 1 aliphatic heterocycles. The van der Waals surface area contributed by atoms with Crippen molar-refractivity contribution in [2.24, 2.45) is 0 Å². The van der Waals surface area contributed by atoms with Crippen molar-refractivity contribution in [2.45, 2.75) is 32.2 Å². The Morgan fingerprint density at radius 2 is 2.00 bits per heavy atom. The predicted octanol–water partition coefficient (Wildman–Crippen LogP) is 4.37. The number of carbonyl (C=O) groups excluding carboxylic acids is 2. The first kappa shape index (κ1) is 18.4. The van der Waals surface area contributed by atoms with Gasteiger partial charge in [-0.1, -0.05) is 30.3 Å². The molecule has 1 aromatic heterocycles. The quantitative estimate of drug-likeness (QED) is 0.581. The van der Waals surface area contributed by atoms with Crippen LogP contribution in [0.3, 0.4) is 0 Å². The fraction of sp³-hybridized carbons (Fsp3) is 0.333. The summed E-state index contributed by atoms with van der Waals surface area (Å²) in [4.78, 5) is 28.0. The Morgan fingerprint density at radius 1 is 1.19 bits per heavy atom. The molecule has 1 atom stereocenters. The van der Waals surface area contributed by atoms with Gasteiger partial charge >= 0.3 is 5.97 Å². The van der Waals surface area contributed by atoms with Crippen LogP contribution in [-0.2, 0) is 14.3 Å². The van der Waals surface area contributed by atoms with Crippen LogP contribution in [0.15, 0.2) is 48.5 Å². The number of thiophene rings is 1. The fourth-order valence-corrected chi connectivity index (χ4v) is 4.00. The van der Waals surface area contributed by atoms with Crippen molar-refractivity contribution in [1.29, 1.82) is 0 Å². The Morgan fingerprint density at radius 3 is 2.77 bits per heavy atom. The number of carbonyl (C=O) groups is 2. The second-order valence-corrected chi connectivity index (χ2v) is 7.56. The first-order valence-corrected chi connectivity index (χ1v) is 9.75. The molecule has 0 N–H and O–H groups in total. The number of piperidine rings is 1. The summed E-state index contributed by atoms with van der Waals surface area (Å²) < 4.78 is 5.11. The molecule has 1 amide bonds. The van der Waals surface area contributed by atoms with Crippen LogP contribution < -0.4 is 0 Å². The number of amides is 1. The van der Waals surface area contributed by atoms with Crippen molar-refractivity contribution < 1.29 is 14.3 Å². The summed E-state index contributed by atoms with van der Waals surface area (Å²) in [6.07, 6.45) is 6.30. The van der Waals surface area contributed by atoms with E-state index in [-0.39, 0.29) is 18.6 Å². The van der Waals surface area contributed by atoms with E-state index in [4.69, 9.17) is 4.74 Å². The SMILES string of the molecule is C[C@H]1CCCCN1C(=O)COC(=O)/C=C/c1ccc(-c2ccccc2)s1. The van der Waals surface area contributed by atoms with E-state index in [0.29, 0.717) is 0 Å². The van der Waals surface area contributed by atoms with Crippen LogP contribution in [0, 0.1) is 0 Å². The number of rotatable bonds is 5. The molecule has 0 saturated carbocycles. The van der Waals surface area contributed by atoms with Crippen molar-refractivity contribution >= 4 is 29.3 Å². The van der Waals surface area contributed by atoms with Crippen LogP contribution in [0.4, 0.5) is 0 Å². The molecule has 4 nitrogen and oxygen atoms in total. The highest BCUT2D eigenvalue weighted by molar-refractivity contribution is 7.16. The molecule has 1 saturated heterocycles. The van der Waals surface area contributed by atoms with Crippen LogP contribution in [0.1, 0.15) is 31.1 Å². The van der Waals surface area contributed by atoms with Gasteiger partial charge in [-0.05, 0) is 50.0 Å². The zero-order chi connectivity index (χ0) is 18.4. The summed E-state index contributed by atoms with van der Waals surface area (Å²) in [7, 11) is 0. The van der Waals surface area contributed by atoms with Crippen LogP contribution in [0.5, 0.6) is 0 Å². The van der Waals surface area contributed by atoms with Gasteiger partial charge in [-0.3, -0.25) is 4.79 Å². The molecule has 2 heterocycles. The first-order valence-electron chi connectivity index (χ1n) is 8.93.